The zero-order valence-corrected chi connectivity index (χ0v) is 11.3. The van der Waals surface area contributed by atoms with Crippen molar-refractivity contribution in [2.45, 2.75) is 0 Å². The summed E-state index contributed by atoms with van der Waals surface area (Å²) in [5.74, 6) is -0.958. The van der Waals surface area contributed by atoms with Crippen LogP contribution in [0.5, 0.6) is 0 Å². The van der Waals surface area contributed by atoms with Gasteiger partial charge < -0.3 is 15.3 Å². The van der Waals surface area contributed by atoms with E-state index in [4.69, 9.17) is 16.7 Å². The first kappa shape index (κ1) is 13.8. The highest BCUT2D eigenvalue weighted by molar-refractivity contribution is 7.17. The summed E-state index contributed by atoms with van der Waals surface area (Å²) in [6.07, 6.45) is -1.12. The summed E-state index contributed by atoms with van der Waals surface area (Å²) >= 11 is 6.87. The van der Waals surface area contributed by atoms with E-state index in [-0.39, 0.29) is 31.3 Å². The summed E-state index contributed by atoms with van der Waals surface area (Å²) < 4.78 is 0.513. The molecule has 1 aliphatic rings. The number of carbonyl (C=O) groups excluding carboxylic acids is 2. The molecular weight excluding hydrogens is 292 g/mol. The second-order valence-electron chi connectivity index (χ2n) is 4.14. The molecule has 0 aromatic carbocycles. The standard InChI is InChI=1S/C11H11ClN2O4S/c12-9-2-1-8(19-9)10(16)13-3-6-4-14(11(17)18)5-7(6)15/h1-2,6H,3-5H2,(H,13,16)(H,17,18)/t6-/m0/s1. The number of carbonyl (C=O) groups is 3. The van der Waals surface area contributed by atoms with Gasteiger partial charge in [-0.3, -0.25) is 9.59 Å². The van der Waals surface area contributed by atoms with Crippen molar-refractivity contribution in [1.29, 1.82) is 0 Å². The van der Waals surface area contributed by atoms with Crippen molar-refractivity contribution in [2.24, 2.45) is 5.92 Å². The molecule has 1 saturated heterocycles. The van der Waals surface area contributed by atoms with E-state index in [1.165, 1.54) is 0 Å². The van der Waals surface area contributed by atoms with E-state index in [0.29, 0.717) is 9.21 Å². The van der Waals surface area contributed by atoms with Gasteiger partial charge in [0.25, 0.3) is 5.91 Å². The van der Waals surface area contributed by atoms with Crippen molar-refractivity contribution in [2.75, 3.05) is 19.6 Å². The molecule has 2 amide bonds. The smallest absolute Gasteiger partial charge is 0.407 e. The second kappa shape index (κ2) is 5.58. The van der Waals surface area contributed by atoms with Crippen LogP contribution in [0.15, 0.2) is 12.1 Å². The number of hydrogen-bond acceptors (Lipinski definition) is 4. The van der Waals surface area contributed by atoms with Crippen LogP contribution in [0.2, 0.25) is 4.34 Å². The highest BCUT2D eigenvalue weighted by atomic mass is 35.5. The summed E-state index contributed by atoms with van der Waals surface area (Å²) in [4.78, 5) is 35.5. The Labute approximate surface area is 118 Å². The van der Waals surface area contributed by atoms with E-state index in [9.17, 15) is 14.4 Å². The molecule has 8 heteroatoms. The predicted octanol–water partition coefficient (Wildman–Crippen LogP) is 1.31. The SMILES string of the molecule is O=C(NC[C@H]1CN(C(=O)O)CC1=O)c1ccc(Cl)s1. The molecule has 2 rings (SSSR count). The highest BCUT2D eigenvalue weighted by Crippen LogP contribution is 2.21. The fourth-order valence-electron chi connectivity index (χ4n) is 1.81. The lowest BCUT2D eigenvalue weighted by Crippen LogP contribution is -2.33. The van der Waals surface area contributed by atoms with Crippen molar-refractivity contribution < 1.29 is 19.5 Å². The van der Waals surface area contributed by atoms with Gasteiger partial charge in [-0.15, -0.1) is 11.3 Å². The Hall–Kier alpha value is -1.60. The molecule has 1 aromatic heterocycles. The Balaban J connectivity index is 1.87. The van der Waals surface area contributed by atoms with E-state index >= 15 is 0 Å². The van der Waals surface area contributed by atoms with Gasteiger partial charge in [0.05, 0.1) is 21.7 Å². The lowest BCUT2D eigenvalue weighted by molar-refractivity contribution is -0.119. The molecule has 6 nitrogen and oxygen atoms in total. The number of Topliss-reactive ketones (excluding diaryl/α,β-unsaturated/α-hetero) is 1. The fraction of sp³-hybridized carbons (Fsp3) is 0.364. The van der Waals surface area contributed by atoms with Gasteiger partial charge in [0.2, 0.25) is 0 Å². The van der Waals surface area contributed by atoms with Crippen LogP contribution < -0.4 is 5.32 Å². The zero-order chi connectivity index (χ0) is 14.0. The average Bonchev–Trinajstić information content (AvgIpc) is 2.93. The minimum Gasteiger partial charge on any atom is -0.465 e. The number of nitrogens with zero attached hydrogens (tertiary/aromatic N) is 1. The number of carboxylic acid groups (broad SMARTS) is 1. The third-order valence-electron chi connectivity index (χ3n) is 2.82. The molecule has 1 aromatic rings. The number of rotatable bonds is 3. The summed E-state index contributed by atoms with van der Waals surface area (Å²) in [6, 6.07) is 3.22. The Morgan fingerprint density at radius 2 is 2.26 bits per heavy atom. The lowest BCUT2D eigenvalue weighted by atomic mass is 10.1. The number of halogens is 1. The van der Waals surface area contributed by atoms with Gasteiger partial charge in [-0.05, 0) is 12.1 Å². The largest absolute Gasteiger partial charge is 0.465 e. The van der Waals surface area contributed by atoms with Gasteiger partial charge in [0, 0.05) is 13.1 Å². The average molecular weight is 303 g/mol. The first-order chi connectivity index (χ1) is 8.97. The molecule has 2 N–H and O–H groups in total. The molecule has 0 radical (unpaired) electrons. The van der Waals surface area contributed by atoms with E-state index in [2.05, 4.69) is 5.32 Å². The van der Waals surface area contributed by atoms with Gasteiger partial charge in [-0.25, -0.2) is 4.79 Å². The van der Waals surface area contributed by atoms with Crippen LogP contribution in [0.3, 0.4) is 0 Å². The quantitative estimate of drug-likeness (QED) is 0.881. The first-order valence-corrected chi connectivity index (χ1v) is 6.71. The maximum absolute atomic E-state index is 11.7. The van der Waals surface area contributed by atoms with E-state index in [1.807, 2.05) is 0 Å². The number of nitrogens with one attached hydrogen (secondary N) is 1. The molecular formula is C11H11ClN2O4S. The normalized spacial score (nSPS) is 18.7. The van der Waals surface area contributed by atoms with Crippen LogP contribution in [0, 0.1) is 5.92 Å². The minimum atomic E-state index is -1.12. The van der Waals surface area contributed by atoms with Gasteiger partial charge >= 0.3 is 6.09 Å². The van der Waals surface area contributed by atoms with Crippen molar-refractivity contribution in [3.05, 3.63) is 21.3 Å². The Bertz CT molecular complexity index is 531. The van der Waals surface area contributed by atoms with Crippen LogP contribution in [-0.2, 0) is 4.79 Å². The summed E-state index contributed by atoms with van der Waals surface area (Å²) in [5, 5.41) is 11.4. The van der Waals surface area contributed by atoms with Crippen LogP contribution >= 0.6 is 22.9 Å². The molecule has 0 saturated carbocycles. The van der Waals surface area contributed by atoms with Crippen LogP contribution in [0.1, 0.15) is 9.67 Å². The number of likely N-dealkylation sites (tertiary alicyclic amines) is 1. The zero-order valence-electron chi connectivity index (χ0n) is 9.76. The highest BCUT2D eigenvalue weighted by Gasteiger charge is 2.33. The van der Waals surface area contributed by atoms with Gasteiger partial charge in [0.1, 0.15) is 0 Å². The number of ketones is 1. The fourth-order valence-corrected chi connectivity index (χ4v) is 2.77. The van der Waals surface area contributed by atoms with E-state index < -0.39 is 12.0 Å². The maximum Gasteiger partial charge on any atom is 0.407 e. The molecule has 0 spiro atoms. The van der Waals surface area contributed by atoms with Crippen LogP contribution in [-0.4, -0.2) is 47.4 Å². The van der Waals surface area contributed by atoms with Gasteiger partial charge in [0.15, 0.2) is 5.78 Å². The maximum atomic E-state index is 11.7. The number of amides is 2. The molecule has 1 atom stereocenters. The Kier molecular flexibility index (Phi) is 4.06. The van der Waals surface area contributed by atoms with Crippen LogP contribution in [0.25, 0.3) is 0 Å². The summed E-state index contributed by atoms with van der Waals surface area (Å²) in [5.41, 5.74) is 0. The predicted molar refractivity (Wildman–Crippen MR) is 69.8 cm³/mol. The van der Waals surface area contributed by atoms with Crippen molar-refractivity contribution >= 4 is 40.7 Å². The first-order valence-electron chi connectivity index (χ1n) is 5.51. The van der Waals surface area contributed by atoms with Crippen molar-refractivity contribution in [3.63, 3.8) is 0 Å². The van der Waals surface area contributed by atoms with Crippen molar-refractivity contribution in [3.8, 4) is 0 Å². The van der Waals surface area contributed by atoms with Gasteiger partial charge in [-0.2, -0.15) is 0 Å². The topological polar surface area (TPSA) is 86.7 Å². The molecule has 0 unspecified atom stereocenters. The van der Waals surface area contributed by atoms with Crippen molar-refractivity contribution in [1.82, 2.24) is 10.2 Å². The summed E-state index contributed by atoms with van der Waals surface area (Å²) in [6.45, 7) is 0.150. The monoisotopic (exact) mass is 302 g/mol. The third-order valence-corrected chi connectivity index (χ3v) is 4.05. The molecule has 0 aliphatic carbocycles. The molecule has 1 aliphatic heterocycles. The minimum absolute atomic E-state index is 0.110. The molecule has 0 bridgehead atoms. The molecule has 19 heavy (non-hydrogen) atoms. The van der Waals surface area contributed by atoms with E-state index in [0.717, 1.165) is 16.2 Å². The molecule has 1 fully saturated rings. The Morgan fingerprint density at radius 3 is 2.79 bits per heavy atom. The van der Waals surface area contributed by atoms with Gasteiger partial charge in [-0.1, -0.05) is 11.6 Å². The second-order valence-corrected chi connectivity index (χ2v) is 5.86. The Morgan fingerprint density at radius 1 is 1.53 bits per heavy atom. The molecule has 102 valence electrons. The molecule has 2 heterocycles. The third kappa shape index (κ3) is 3.24. The number of thiophene rings is 1. The van der Waals surface area contributed by atoms with Crippen LogP contribution in [0.4, 0.5) is 4.79 Å². The lowest BCUT2D eigenvalue weighted by Gasteiger charge is -2.11. The summed E-state index contributed by atoms with van der Waals surface area (Å²) in [7, 11) is 0. The van der Waals surface area contributed by atoms with E-state index in [1.54, 1.807) is 12.1 Å². The number of hydrogen-bond donors (Lipinski definition) is 2.